The van der Waals surface area contributed by atoms with Crippen LogP contribution in [0.2, 0.25) is 0 Å². The van der Waals surface area contributed by atoms with E-state index in [9.17, 15) is 4.79 Å². The van der Waals surface area contributed by atoms with Gasteiger partial charge in [0.15, 0.2) is 0 Å². The molecule has 2 aromatic rings. The van der Waals surface area contributed by atoms with Crippen LogP contribution in [0.4, 0.5) is 0 Å². The molecule has 92 valence electrons. The molecular weight excluding hydrogens is 224 g/mol. The smallest absolute Gasteiger partial charge is 0.131 e. The van der Waals surface area contributed by atoms with Gasteiger partial charge in [0.25, 0.3) is 0 Å². The van der Waals surface area contributed by atoms with Crippen LogP contribution in [0.5, 0.6) is 5.75 Å². The van der Waals surface area contributed by atoms with Crippen LogP contribution in [0, 0.1) is 0 Å². The fourth-order valence-corrected chi connectivity index (χ4v) is 2.02. The van der Waals surface area contributed by atoms with Gasteiger partial charge in [-0.2, -0.15) is 0 Å². The van der Waals surface area contributed by atoms with Gasteiger partial charge in [0.05, 0.1) is 12.5 Å². The van der Waals surface area contributed by atoms with Crippen LogP contribution in [-0.2, 0) is 4.79 Å². The standard InChI is InChI=1S/C16H16O2/c1-2-18-16-11-7-6-10-14(16)15(12-17)13-8-4-3-5-9-13/h3-12,15H,2H2,1H3. The lowest BCUT2D eigenvalue weighted by atomic mass is 9.92. The number of carbonyl (C=O) groups is 1. The van der Waals surface area contributed by atoms with Crippen molar-refractivity contribution < 1.29 is 9.53 Å². The Labute approximate surface area is 107 Å². The Morgan fingerprint density at radius 2 is 1.72 bits per heavy atom. The maximum absolute atomic E-state index is 11.4. The summed E-state index contributed by atoms with van der Waals surface area (Å²) in [6, 6.07) is 17.4. The van der Waals surface area contributed by atoms with Crippen LogP contribution in [0.1, 0.15) is 24.0 Å². The number of hydrogen-bond acceptors (Lipinski definition) is 2. The Morgan fingerprint density at radius 3 is 2.39 bits per heavy atom. The zero-order valence-electron chi connectivity index (χ0n) is 10.4. The summed E-state index contributed by atoms with van der Waals surface area (Å²) in [6.45, 7) is 2.53. The van der Waals surface area contributed by atoms with Crippen molar-refractivity contribution in [3.05, 3.63) is 65.7 Å². The van der Waals surface area contributed by atoms with Gasteiger partial charge in [0.1, 0.15) is 12.0 Å². The van der Waals surface area contributed by atoms with Crippen LogP contribution < -0.4 is 4.74 Å². The Kier molecular flexibility index (Phi) is 4.13. The monoisotopic (exact) mass is 240 g/mol. The maximum Gasteiger partial charge on any atom is 0.131 e. The minimum atomic E-state index is -0.269. The molecule has 0 aliphatic heterocycles. The fraction of sp³-hybridized carbons (Fsp3) is 0.188. The van der Waals surface area contributed by atoms with E-state index in [1.165, 1.54) is 0 Å². The second kappa shape index (κ2) is 6.01. The van der Waals surface area contributed by atoms with Gasteiger partial charge in [-0.3, -0.25) is 0 Å². The minimum absolute atomic E-state index is 0.269. The molecule has 2 nitrogen and oxygen atoms in total. The van der Waals surface area contributed by atoms with E-state index in [1.54, 1.807) is 0 Å². The van der Waals surface area contributed by atoms with Gasteiger partial charge in [0, 0.05) is 5.56 Å². The number of rotatable bonds is 5. The highest BCUT2D eigenvalue weighted by molar-refractivity contribution is 5.70. The first-order chi connectivity index (χ1) is 8.86. The van der Waals surface area contributed by atoms with E-state index >= 15 is 0 Å². The maximum atomic E-state index is 11.4. The van der Waals surface area contributed by atoms with Gasteiger partial charge in [0.2, 0.25) is 0 Å². The summed E-state index contributed by atoms with van der Waals surface area (Å²) < 4.78 is 5.58. The quantitative estimate of drug-likeness (QED) is 0.748. The lowest BCUT2D eigenvalue weighted by Crippen LogP contribution is -2.05. The first-order valence-electron chi connectivity index (χ1n) is 6.08. The highest BCUT2D eigenvalue weighted by atomic mass is 16.5. The molecule has 2 aromatic carbocycles. The third kappa shape index (κ3) is 2.59. The zero-order chi connectivity index (χ0) is 12.8. The van der Waals surface area contributed by atoms with E-state index in [0.29, 0.717) is 6.61 Å². The first kappa shape index (κ1) is 12.4. The summed E-state index contributed by atoms with van der Waals surface area (Å²) in [7, 11) is 0. The number of ether oxygens (including phenoxy) is 1. The molecule has 1 atom stereocenters. The number of para-hydroxylation sites is 1. The fourth-order valence-electron chi connectivity index (χ4n) is 2.02. The molecule has 18 heavy (non-hydrogen) atoms. The van der Waals surface area contributed by atoms with E-state index in [-0.39, 0.29) is 5.92 Å². The molecule has 2 rings (SSSR count). The molecule has 1 unspecified atom stereocenters. The summed E-state index contributed by atoms with van der Waals surface area (Å²) in [5.41, 5.74) is 1.90. The van der Waals surface area contributed by atoms with Gasteiger partial charge in [-0.05, 0) is 18.6 Å². The summed E-state index contributed by atoms with van der Waals surface area (Å²) in [4.78, 5) is 11.4. The van der Waals surface area contributed by atoms with Crippen molar-refractivity contribution in [2.24, 2.45) is 0 Å². The molecule has 2 heteroatoms. The summed E-state index contributed by atoms with van der Waals surface area (Å²) in [6.07, 6.45) is 0.965. The normalized spacial score (nSPS) is 11.8. The van der Waals surface area contributed by atoms with Crippen molar-refractivity contribution in [2.75, 3.05) is 6.61 Å². The largest absolute Gasteiger partial charge is 0.494 e. The molecule has 0 aliphatic rings. The lowest BCUT2D eigenvalue weighted by molar-refractivity contribution is -0.108. The second-order valence-electron chi connectivity index (χ2n) is 4.00. The Balaban J connectivity index is 2.42. The van der Waals surface area contributed by atoms with Gasteiger partial charge in [-0.1, -0.05) is 48.5 Å². The van der Waals surface area contributed by atoms with Crippen LogP contribution in [0.15, 0.2) is 54.6 Å². The number of hydrogen-bond donors (Lipinski definition) is 0. The van der Waals surface area contributed by atoms with Crippen LogP contribution in [0.25, 0.3) is 0 Å². The number of aldehydes is 1. The Bertz CT molecular complexity index is 506. The molecule has 0 bridgehead atoms. The van der Waals surface area contributed by atoms with Crippen LogP contribution in [-0.4, -0.2) is 12.9 Å². The van der Waals surface area contributed by atoms with Crippen molar-refractivity contribution in [1.29, 1.82) is 0 Å². The topological polar surface area (TPSA) is 26.3 Å². The molecule has 0 heterocycles. The van der Waals surface area contributed by atoms with Gasteiger partial charge in [-0.15, -0.1) is 0 Å². The molecule has 0 aromatic heterocycles. The molecule has 0 saturated carbocycles. The van der Waals surface area contributed by atoms with Gasteiger partial charge in [-0.25, -0.2) is 0 Å². The summed E-state index contributed by atoms with van der Waals surface area (Å²) in [5, 5.41) is 0. The predicted octanol–water partition coefficient (Wildman–Crippen LogP) is 3.42. The molecular formula is C16H16O2. The van der Waals surface area contributed by atoms with E-state index in [4.69, 9.17) is 4.74 Å². The molecule has 0 aliphatic carbocycles. The molecule has 0 N–H and O–H groups in total. The van der Waals surface area contributed by atoms with Crippen molar-refractivity contribution in [2.45, 2.75) is 12.8 Å². The lowest BCUT2D eigenvalue weighted by Gasteiger charge is -2.15. The van der Waals surface area contributed by atoms with E-state index in [0.717, 1.165) is 23.2 Å². The highest BCUT2D eigenvalue weighted by Crippen LogP contribution is 2.30. The average molecular weight is 240 g/mol. The first-order valence-corrected chi connectivity index (χ1v) is 6.08. The minimum Gasteiger partial charge on any atom is -0.494 e. The van der Waals surface area contributed by atoms with Crippen molar-refractivity contribution >= 4 is 6.29 Å². The molecule has 0 amide bonds. The Hall–Kier alpha value is -2.09. The summed E-state index contributed by atoms with van der Waals surface area (Å²) in [5.74, 6) is 0.509. The Morgan fingerprint density at radius 1 is 1.06 bits per heavy atom. The SMILES string of the molecule is CCOc1ccccc1C(C=O)c1ccccc1. The summed E-state index contributed by atoms with van der Waals surface area (Å²) >= 11 is 0. The molecule has 0 radical (unpaired) electrons. The van der Waals surface area contributed by atoms with Gasteiger partial charge < -0.3 is 9.53 Å². The third-order valence-electron chi connectivity index (χ3n) is 2.85. The van der Waals surface area contributed by atoms with Crippen molar-refractivity contribution in [3.8, 4) is 5.75 Å². The average Bonchev–Trinajstić information content (AvgIpc) is 2.43. The van der Waals surface area contributed by atoms with Crippen molar-refractivity contribution in [3.63, 3.8) is 0 Å². The molecule has 0 spiro atoms. The van der Waals surface area contributed by atoms with E-state index in [2.05, 4.69) is 0 Å². The number of carbonyl (C=O) groups excluding carboxylic acids is 1. The van der Waals surface area contributed by atoms with E-state index in [1.807, 2.05) is 61.5 Å². The second-order valence-corrected chi connectivity index (χ2v) is 4.00. The highest BCUT2D eigenvalue weighted by Gasteiger charge is 2.16. The van der Waals surface area contributed by atoms with Crippen molar-refractivity contribution in [1.82, 2.24) is 0 Å². The zero-order valence-corrected chi connectivity index (χ0v) is 10.4. The third-order valence-corrected chi connectivity index (χ3v) is 2.85. The number of benzene rings is 2. The van der Waals surface area contributed by atoms with E-state index < -0.39 is 0 Å². The predicted molar refractivity (Wildman–Crippen MR) is 72.0 cm³/mol. The van der Waals surface area contributed by atoms with Gasteiger partial charge >= 0.3 is 0 Å². The molecule has 0 fully saturated rings. The van der Waals surface area contributed by atoms with Crippen LogP contribution >= 0.6 is 0 Å². The van der Waals surface area contributed by atoms with Crippen LogP contribution in [0.3, 0.4) is 0 Å². The molecule has 0 saturated heterocycles.